The van der Waals surface area contributed by atoms with Gasteiger partial charge in [-0.1, -0.05) is 12.1 Å². The van der Waals surface area contributed by atoms with Crippen molar-refractivity contribution in [3.63, 3.8) is 0 Å². The van der Waals surface area contributed by atoms with Crippen LogP contribution in [0.4, 0.5) is 0 Å². The van der Waals surface area contributed by atoms with Gasteiger partial charge in [0.2, 0.25) is 0 Å². The van der Waals surface area contributed by atoms with E-state index in [0.717, 1.165) is 15.7 Å². The number of aromatic amines is 1. The van der Waals surface area contributed by atoms with E-state index in [2.05, 4.69) is 31.4 Å². The number of amides is 1. The Hall–Kier alpha value is -1.62. The highest BCUT2D eigenvalue weighted by Crippen LogP contribution is 2.20. The SMILES string of the molecule is Cc1cccc(C(=O)NCc2ccn[nH]2)c1Br. The Morgan fingerprint density at radius 1 is 1.47 bits per heavy atom. The number of hydrogen-bond donors (Lipinski definition) is 2. The van der Waals surface area contributed by atoms with Gasteiger partial charge in [0.15, 0.2) is 0 Å². The van der Waals surface area contributed by atoms with E-state index < -0.39 is 0 Å². The molecule has 1 heterocycles. The zero-order valence-corrected chi connectivity index (χ0v) is 10.9. The van der Waals surface area contributed by atoms with E-state index in [0.29, 0.717) is 12.1 Å². The number of hydrogen-bond acceptors (Lipinski definition) is 2. The van der Waals surface area contributed by atoms with Crippen LogP contribution in [-0.4, -0.2) is 16.1 Å². The van der Waals surface area contributed by atoms with Crippen LogP contribution in [-0.2, 0) is 6.54 Å². The molecule has 0 spiro atoms. The first kappa shape index (κ1) is 11.9. The molecule has 1 aromatic carbocycles. The first-order chi connectivity index (χ1) is 8.18. The summed E-state index contributed by atoms with van der Waals surface area (Å²) in [5.74, 6) is -0.102. The van der Waals surface area contributed by atoms with Gasteiger partial charge in [0.25, 0.3) is 5.91 Å². The molecule has 0 saturated heterocycles. The maximum atomic E-state index is 11.9. The van der Waals surface area contributed by atoms with Gasteiger partial charge in [-0.15, -0.1) is 0 Å². The van der Waals surface area contributed by atoms with Crippen LogP contribution in [0.1, 0.15) is 21.6 Å². The molecule has 88 valence electrons. The molecular weight excluding hydrogens is 282 g/mol. The molecule has 0 aliphatic carbocycles. The van der Waals surface area contributed by atoms with Crippen LogP contribution in [0.5, 0.6) is 0 Å². The number of benzene rings is 1. The summed E-state index contributed by atoms with van der Waals surface area (Å²) in [6, 6.07) is 7.44. The first-order valence-corrected chi connectivity index (χ1v) is 5.99. The number of carbonyl (C=O) groups is 1. The minimum atomic E-state index is -0.102. The third-order valence-corrected chi connectivity index (χ3v) is 3.49. The number of aryl methyl sites for hydroxylation is 1. The lowest BCUT2D eigenvalue weighted by Crippen LogP contribution is -2.23. The highest BCUT2D eigenvalue weighted by Gasteiger charge is 2.10. The van der Waals surface area contributed by atoms with Crippen molar-refractivity contribution < 1.29 is 4.79 Å². The number of carbonyl (C=O) groups excluding carboxylic acids is 1. The number of halogens is 1. The number of aromatic nitrogens is 2. The molecule has 2 N–H and O–H groups in total. The molecule has 0 aliphatic heterocycles. The summed E-state index contributed by atoms with van der Waals surface area (Å²) >= 11 is 3.42. The van der Waals surface area contributed by atoms with Gasteiger partial charge in [0.1, 0.15) is 0 Å². The van der Waals surface area contributed by atoms with Crippen LogP contribution in [0.15, 0.2) is 34.9 Å². The van der Waals surface area contributed by atoms with E-state index in [4.69, 9.17) is 0 Å². The van der Waals surface area contributed by atoms with Crippen LogP contribution in [0, 0.1) is 6.92 Å². The van der Waals surface area contributed by atoms with Crippen LogP contribution in [0.25, 0.3) is 0 Å². The molecule has 0 saturated carbocycles. The Kier molecular flexibility index (Phi) is 3.58. The van der Waals surface area contributed by atoms with Crippen molar-refractivity contribution in [2.24, 2.45) is 0 Å². The second-order valence-corrected chi connectivity index (χ2v) is 4.49. The highest BCUT2D eigenvalue weighted by atomic mass is 79.9. The molecule has 0 radical (unpaired) electrons. The molecule has 2 aromatic rings. The number of rotatable bonds is 3. The molecule has 5 heteroatoms. The summed E-state index contributed by atoms with van der Waals surface area (Å²) in [7, 11) is 0. The fourth-order valence-electron chi connectivity index (χ4n) is 1.48. The summed E-state index contributed by atoms with van der Waals surface area (Å²) in [4.78, 5) is 11.9. The van der Waals surface area contributed by atoms with Crippen molar-refractivity contribution in [3.05, 3.63) is 51.8 Å². The Bertz CT molecular complexity index is 523. The molecule has 0 fully saturated rings. The molecule has 0 atom stereocenters. The van der Waals surface area contributed by atoms with Crippen molar-refractivity contribution in [3.8, 4) is 0 Å². The molecule has 1 amide bonds. The molecule has 0 bridgehead atoms. The molecule has 17 heavy (non-hydrogen) atoms. The van der Waals surface area contributed by atoms with Crippen molar-refractivity contribution >= 4 is 21.8 Å². The van der Waals surface area contributed by atoms with E-state index in [1.54, 1.807) is 12.3 Å². The Morgan fingerprint density at radius 3 is 3.00 bits per heavy atom. The minimum absolute atomic E-state index is 0.102. The van der Waals surface area contributed by atoms with E-state index in [-0.39, 0.29) is 5.91 Å². The molecular formula is C12H12BrN3O. The zero-order valence-electron chi connectivity index (χ0n) is 9.33. The van der Waals surface area contributed by atoms with Gasteiger partial charge >= 0.3 is 0 Å². The standard InChI is InChI=1S/C12H12BrN3O/c1-8-3-2-4-10(11(8)13)12(17)14-7-9-5-6-15-16-9/h2-6H,7H2,1H3,(H,14,17)(H,15,16). The number of H-pyrrole nitrogens is 1. The third kappa shape index (κ3) is 2.74. The molecule has 2 rings (SSSR count). The molecule has 0 unspecified atom stereocenters. The van der Waals surface area contributed by atoms with Crippen LogP contribution >= 0.6 is 15.9 Å². The van der Waals surface area contributed by atoms with Crippen LogP contribution in [0.3, 0.4) is 0 Å². The van der Waals surface area contributed by atoms with Gasteiger partial charge in [-0.25, -0.2) is 0 Å². The second kappa shape index (κ2) is 5.14. The summed E-state index contributed by atoms with van der Waals surface area (Å²) < 4.78 is 0.835. The summed E-state index contributed by atoms with van der Waals surface area (Å²) in [5.41, 5.74) is 2.56. The quantitative estimate of drug-likeness (QED) is 0.913. The zero-order chi connectivity index (χ0) is 12.3. The van der Waals surface area contributed by atoms with E-state index in [1.807, 2.05) is 25.1 Å². The van der Waals surface area contributed by atoms with Crippen LogP contribution in [0.2, 0.25) is 0 Å². The lowest BCUT2D eigenvalue weighted by atomic mass is 10.1. The third-order valence-electron chi connectivity index (χ3n) is 2.43. The van der Waals surface area contributed by atoms with E-state index >= 15 is 0 Å². The number of nitrogens with zero attached hydrogens (tertiary/aromatic N) is 1. The van der Waals surface area contributed by atoms with Gasteiger partial charge in [-0.2, -0.15) is 5.10 Å². The fraction of sp³-hybridized carbons (Fsp3) is 0.167. The first-order valence-electron chi connectivity index (χ1n) is 5.20. The molecule has 4 nitrogen and oxygen atoms in total. The summed E-state index contributed by atoms with van der Waals surface area (Å²) in [6.45, 7) is 2.40. The number of nitrogens with one attached hydrogen (secondary N) is 2. The van der Waals surface area contributed by atoms with Gasteiger partial charge in [-0.3, -0.25) is 9.89 Å². The smallest absolute Gasteiger partial charge is 0.252 e. The largest absolute Gasteiger partial charge is 0.346 e. The maximum Gasteiger partial charge on any atom is 0.252 e. The van der Waals surface area contributed by atoms with Crippen molar-refractivity contribution in [1.82, 2.24) is 15.5 Å². The predicted octanol–water partition coefficient (Wildman–Crippen LogP) is 2.41. The normalized spacial score (nSPS) is 10.2. The van der Waals surface area contributed by atoms with Gasteiger partial charge in [0, 0.05) is 10.7 Å². The van der Waals surface area contributed by atoms with E-state index in [9.17, 15) is 4.79 Å². The monoisotopic (exact) mass is 293 g/mol. The second-order valence-electron chi connectivity index (χ2n) is 3.70. The average Bonchev–Trinajstić information content (AvgIpc) is 2.82. The Labute approximate surface area is 108 Å². The van der Waals surface area contributed by atoms with Crippen LogP contribution < -0.4 is 5.32 Å². The lowest BCUT2D eigenvalue weighted by Gasteiger charge is -2.07. The van der Waals surface area contributed by atoms with Gasteiger partial charge in [0.05, 0.1) is 17.8 Å². The van der Waals surface area contributed by atoms with Crippen molar-refractivity contribution in [1.29, 1.82) is 0 Å². The minimum Gasteiger partial charge on any atom is -0.346 e. The topological polar surface area (TPSA) is 57.8 Å². The average molecular weight is 294 g/mol. The summed E-state index contributed by atoms with van der Waals surface area (Å²) in [5, 5.41) is 9.44. The molecule has 1 aromatic heterocycles. The highest BCUT2D eigenvalue weighted by molar-refractivity contribution is 9.10. The summed E-state index contributed by atoms with van der Waals surface area (Å²) in [6.07, 6.45) is 1.66. The molecule has 0 aliphatic rings. The van der Waals surface area contributed by atoms with E-state index in [1.165, 1.54) is 0 Å². The van der Waals surface area contributed by atoms with Crippen molar-refractivity contribution in [2.45, 2.75) is 13.5 Å². The van der Waals surface area contributed by atoms with Gasteiger partial charge < -0.3 is 5.32 Å². The lowest BCUT2D eigenvalue weighted by molar-refractivity contribution is 0.0949. The fourth-order valence-corrected chi connectivity index (χ4v) is 1.92. The predicted molar refractivity (Wildman–Crippen MR) is 68.6 cm³/mol. The van der Waals surface area contributed by atoms with Gasteiger partial charge in [-0.05, 0) is 40.5 Å². The Balaban J connectivity index is 2.07. The maximum absolute atomic E-state index is 11.9. The van der Waals surface area contributed by atoms with Crippen molar-refractivity contribution in [2.75, 3.05) is 0 Å². The Morgan fingerprint density at radius 2 is 2.29 bits per heavy atom.